The van der Waals surface area contributed by atoms with Crippen LogP contribution in [0.3, 0.4) is 0 Å². The van der Waals surface area contributed by atoms with Gasteiger partial charge in [0.05, 0.1) is 12.8 Å². The molecule has 2 aromatic rings. The fourth-order valence-corrected chi connectivity index (χ4v) is 2.46. The van der Waals surface area contributed by atoms with Gasteiger partial charge in [-0.15, -0.1) is 0 Å². The van der Waals surface area contributed by atoms with Crippen LogP contribution < -0.4 is 11.2 Å². The van der Waals surface area contributed by atoms with Crippen LogP contribution in [-0.2, 0) is 20.7 Å². The third-order valence-electron chi connectivity index (χ3n) is 2.78. The lowest BCUT2D eigenvalue weighted by molar-refractivity contribution is 0.198. The summed E-state index contributed by atoms with van der Waals surface area (Å²) in [5, 5.41) is 0. The van der Waals surface area contributed by atoms with Crippen LogP contribution in [0.5, 0.6) is 0 Å². The van der Waals surface area contributed by atoms with E-state index in [4.69, 9.17) is 4.52 Å². The molecule has 1 unspecified atom stereocenters. The second kappa shape index (κ2) is 4.62. The molecule has 0 aliphatic carbocycles. The van der Waals surface area contributed by atoms with Gasteiger partial charge in [-0.1, -0.05) is 0 Å². The number of rotatable bonds is 1. The number of phosphoric acid groups is 1. The summed E-state index contributed by atoms with van der Waals surface area (Å²) in [6.07, 6.45) is 2.60. The van der Waals surface area contributed by atoms with E-state index in [-0.39, 0.29) is 29.2 Å². The number of nitrogens with zero attached hydrogens (tertiary/aromatic N) is 3. The maximum absolute atomic E-state index is 12.0. The molecule has 0 saturated carbocycles. The highest BCUT2D eigenvalue weighted by atomic mass is 31.2. The van der Waals surface area contributed by atoms with Crippen molar-refractivity contribution in [2.24, 2.45) is 7.05 Å². The number of fused-ring (bicyclic) bond motifs is 1. The number of phosphoric ester groups is 1. The molecule has 3 heterocycles. The minimum atomic E-state index is -4.18. The molecular formula is C10H9N4O6P. The van der Waals surface area contributed by atoms with Crippen molar-refractivity contribution in [1.82, 2.24) is 19.5 Å². The van der Waals surface area contributed by atoms with Crippen LogP contribution in [0.15, 0.2) is 21.9 Å². The summed E-state index contributed by atoms with van der Waals surface area (Å²) in [7, 11) is -2.88. The summed E-state index contributed by atoms with van der Waals surface area (Å²) in [6.45, 7) is -0.132. The van der Waals surface area contributed by atoms with Crippen molar-refractivity contribution in [3.8, 4) is 0 Å². The quantitative estimate of drug-likeness (QED) is 0.673. The predicted octanol–water partition coefficient (Wildman–Crippen LogP) is -0.495. The Morgan fingerprint density at radius 3 is 2.95 bits per heavy atom. The largest absolute Gasteiger partial charge is 0.527 e. The first-order valence-electron chi connectivity index (χ1n) is 5.71. The van der Waals surface area contributed by atoms with Gasteiger partial charge < -0.3 is 4.52 Å². The van der Waals surface area contributed by atoms with Gasteiger partial charge in [0.25, 0.3) is 5.56 Å². The maximum Gasteiger partial charge on any atom is 0.527 e. The predicted molar refractivity (Wildman–Crippen MR) is 70.2 cm³/mol. The summed E-state index contributed by atoms with van der Waals surface area (Å²) in [5.41, 5.74) is -1.23. The topological polar surface area (TPSA) is 136 Å². The SMILES string of the molecule is Cn1c(=O)[nH]c2ncc(C3=CCOP(=O)(O)O3)nc2c1=O. The van der Waals surface area contributed by atoms with E-state index in [1.807, 2.05) is 0 Å². The van der Waals surface area contributed by atoms with E-state index in [0.717, 1.165) is 4.57 Å². The number of hydrogen-bond acceptors (Lipinski definition) is 7. The maximum atomic E-state index is 12.0. The Morgan fingerprint density at radius 1 is 1.48 bits per heavy atom. The van der Waals surface area contributed by atoms with Gasteiger partial charge in [-0.2, -0.15) is 0 Å². The third kappa shape index (κ3) is 2.40. The number of nitrogens with one attached hydrogen (secondary N) is 1. The molecule has 1 aliphatic rings. The van der Waals surface area contributed by atoms with Crippen LogP contribution in [0, 0.1) is 0 Å². The molecule has 110 valence electrons. The minimum Gasteiger partial charge on any atom is -0.402 e. The average molecular weight is 312 g/mol. The van der Waals surface area contributed by atoms with Crippen LogP contribution >= 0.6 is 7.82 Å². The summed E-state index contributed by atoms with van der Waals surface area (Å²) >= 11 is 0. The summed E-state index contributed by atoms with van der Waals surface area (Å²) in [6, 6.07) is 0. The molecule has 0 saturated heterocycles. The molecule has 3 rings (SSSR count). The second-order valence-electron chi connectivity index (χ2n) is 4.17. The standard InChI is InChI=1S/C10H9N4O6P/c1-14-9(15)7-8(13-10(14)16)11-4-5(12-7)6-2-3-19-21(17,18)20-6/h2,4H,3H2,1H3,(H,17,18)(H,11,13,16). The van der Waals surface area contributed by atoms with Gasteiger partial charge in [-0.05, 0) is 6.08 Å². The van der Waals surface area contributed by atoms with Crippen LogP contribution in [-0.4, -0.2) is 31.0 Å². The highest BCUT2D eigenvalue weighted by Gasteiger charge is 2.29. The molecule has 0 spiro atoms. The molecule has 21 heavy (non-hydrogen) atoms. The zero-order chi connectivity index (χ0) is 15.2. The molecule has 1 atom stereocenters. The Labute approximate surface area is 116 Å². The van der Waals surface area contributed by atoms with Gasteiger partial charge in [0.1, 0.15) is 5.69 Å². The number of aromatic nitrogens is 4. The van der Waals surface area contributed by atoms with Crippen molar-refractivity contribution in [3.05, 3.63) is 38.8 Å². The van der Waals surface area contributed by atoms with E-state index in [0.29, 0.717) is 0 Å². The summed E-state index contributed by atoms with van der Waals surface area (Å²) in [4.78, 5) is 43.0. The van der Waals surface area contributed by atoms with Crippen LogP contribution in [0.2, 0.25) is 0 Å². The average Bonchev–Trinajstić information content (AvgIpc) is 2.43. The molecule has 0 amide bonds. The summed E-state index contributed by atoms with van der Waals surface area (Å²) < 4.78 is 21.5. The first-order valence-corrected chi connectivity index (χ1v) is 7.20. The lowest BCUT2D eigenvalue weighted by Gasteiger charge is -2.18. The lowest BCUT2D eigenvalue weighted by Crippen LogP contribution is -2.33. The highest BCUT2D eigenvalue weighted by molar-refractivity contribution is 7.47. The molecule has 0 radical (unpaired) electrons. The molecule has 2 aromatic heterocycles. The van der Waals surface area contributed by atoms with Crippen molar-refractivity contribution in [3.63, 3.8) is 0 Å². The van der Waals surface area contributed by atoms with E-state index >= 15 is 0 Å². The van der Waals surface area contributed by atoms with E-state index in [1.54, 1.807) is 0 Å². The van der Waals surface area contributed by atoms with Gasteiger partial charge in [0.15, 0.2) is 16.9 Å². The molecule has 11 heteroatoms. The molecule has 10 nitrogen and oxygen atoms in total. The van der Waals surface area contributed by atoms with E-state index in [9.17, 15) is 19.0 Å². The van der Waals surface area contributed by atoms with Gasteiger partial charge in [0.2, 0.25) is 0 Å². The third-order valence-corrected chi connectivity index (χ3v) is 3.69. The zero-order valence-electron chi connectivity index (χ0n) is 10.6. The van der Waals surface area contributed by atoms with Crippen LogP contribution in [0.4, 0.5) is 0 Å². The summed E-state index contributed by atoms with van der Waals surface area (Å²) in [5.74, 6) is -0.0188. The molecule has 0 bridgehead atoms. The zero-order valence-corrected chi connectivity index (χ0v) is 11.5. The van der Waals surface area contributed by atoms with Gasteiger partial charge >= 0.3 is 13.5 Å². The number of aromatic amines is 1. The van der Waals surface area contributed by atoms with Crippen molar-refractivity contribution in [2.45, 2.75) is 0 Å². The Kier molecular flexibility index (Phi) is 3.01. The molecule has 2 N–H and O–H groups in total. The normalized spacial score (nSPS) is 21.9. The van der Waals surface area contributed by atoms with Crippen molar-refractivity contribution >= 4 is 24.7 Å². The van der Waals surface area contributed by atoms with E-state index in [2.05, 4.69) is 19.5 Å². The Hall–Kier alpha value is -2.29. The van der Waals surface area contributed by atoms with Crippen LogP contribution in [0.1, 0.15) is 5.69 Å². The fraction of sp³-hybridized carbons (Fsp3) is 0.200. The molecule has 0 fully saturated rings. The fourth-order valence-electron chi connectivity index (χ4n) is 1.73. The van der Waals surface area contributed by atoms with E-state index in [1.165, 1.54) is 19.3 Å². The first kappa shape index (κ1) is 13.7. The number of H-pyrrole nitrogens is 1. The minimum absolute atomic E-state index is 0.0188. The lowest BCUT2D eigenvalue weighted by atomic mass is 10.3. The molecule has 1 aliphatic heterocycles. The van der Waals surface area contributed by atoms with E-state index < -0.39 is 19.1 Å². The van der Waals surface area contributed by atoms with Gasteiger partial charge in [-0.25, -0.2) is 19.3 Å². The molecule has 0 aromatic carbocycles. The van der Waals surface area contributed by atoms with Gasteiger partial charge in [-0.3, -0.25) is 23.8 Å². The first-order chi connectivity index (χ1) is 9.87. The Bertz CT molecular complexity index is 929. The smallest absolute Gasteiger partial charge is 0.402 e. The Balaban J connectivity index is 2.18. The van der Waals surface area contributed by atoms with Crippen molar-refractivity contribution in [1.29, 1.82) is 0 Å². The molecular weight excluding hydrogens is 303 g/mol. The van der Waals surface area contributed by atoms with Crippen molar-refractivity contribution in [2.75, 3.05) is 6.61 Å². The highest BCUT2D eigenvalue weighted by Crippen LogP contribution is 2.49. The van der Waals surface area contributed by atoms with Crippen LogP contribution in [0.25, 0.3) is 16.9 Å². The second-order valence-corrected chi connectivity index (χ2v) is 5.55. The van der Waals surface area contributed by atoms with Gasteiger partial charge in [0, 0.05) is 7.05 Å². The van der Waals surface area contributed by atoms with Crippen molar-refractivity contribution < 1.29 is 18.5 Å². The number of hydrogen-bond donors (Lipinski definition) is 2. The Morgan fingerprint density at radius 2 is 2.24 bits per heavy atom. The monoisotopic (exact) mass is 312 g/mol.